The number of hydrogen-bond donors (Lipinski definition) is 2. The highest BCUT2D eigenvalue weighted by Crippen LogP contribution is 2.20. The summed E-state index contributed by atoms with van der Waals surface area (Å²) < 4.78 is 7.45. The van der Waals surface area contributed by atoms with Crippen LogP contribution in [-0.2, 0) is 6.61 Å². The Bertz CT molecular complexity index is 1250. The summed E-state index contributed by atoms with van der Waals surface area (Å²) in [7, 11) is 0. The van der Waals surface area contributed by atoms with Crippen LogP contribution in [0.1, 0.15) is 38.0 Å². The molecule has 35 heavy (non-hydrogen) atoms. The van der Waals surface area contributed by atoms with E-state index in [2.05, 4.69) is 42.5 Å². The summed E-state index contributed by atoms with van der Waals surface area (Å²) in [5, 5.41) is 5.85. The lowest BCUT2D eigenvalue weighted by atomic mass is 10.1. The molecule has 0 aromatic heterocycles. The molecule has 4 aromatic rings. The molecule has 0 spiro atoms. The molecule has 7 heteroatoms. The normalized spacial score (nSPS) is 10.6. The Balaban J connectivity index is 1.53. The number of rotatable bonds is 8. The van der Waals surface area contributed by atoms with E-state index in [0.29, 0.717) is 29.0 Å². The first-order chi connectivity index (χ1) is 17.0. The third kappa shape index (κ3) is 7.04. The second kappa shape index (κ2) is 11.8. The minimum absolute atomic E-state index is 0.310. The summed E-state index contributed by atoms with van der Waals surface area (Å²) >= 11 is 6.78. The number of nitrogens with one attached hydrogen (secondary N) is 2. The fraction of sp³-hybridized carbons (Fsp3) is 0.0714. The zero-order valence-electron chi connectivity index (χ0n) is 18.6. The van der Waals surface area contributed by atoms with E-state index in [1.165, 1.54) is 0 Å². The number of carbonyl (C=O) groups excluding carboxylic acids is 2. The average Bonchev–Trinajstić information content (AvgIpc) is 2.88. The predicted octanol–water partition coefficient (Wildman–Crippen LogP) is 6.65. The van der Waals surface area contributed by atoms with Crippen molar-refractivity contribution in [2.24, 2.45) is 0 Å². The fourth-order valence-corrected chi connectivity index (χ4v) is 4.19. The molecule has 4 aromatic carbocycles. The summed E-state index contributed by atoms with van der Waals surface area (Å²) in [6.45, 7) is 0.447. The van der Waals surface area contributed by atoms with Crippen molar-refractivity contribution >= 4 is 43.7 Å². The Morgan fingerprint density at radius 3 is 1.74 bits per heavy atom. The second-order valence-electron chi connectivity index (χ2n) is 7.74. The van der Waals surface area contributed by atoms with Crippen LogP contribution in [0.25, 0.3) is 0 Å². The highest BCUT2D eigenvalue weighted by Gasteiger charge is 2.19. The van der Waals surface area contributed by atoms with Gasteiger partial charge in [-0.05, 0) is 59.7 Å². The van der Waals surface area contributed by atoms with Crippen LogP contribution < -0.4 is 15.4 Å². The smallest absolute Gasteiger partial charge is 0.253 e. The molecule has 0 aliphatic rings. The molecule has 0 saturated heterocycles. The molecule has 5 nitrogen and oxygen atoms in total. The van der Waals surface area contributed by atoms with Crippen LogP contribution in [0.3, 0.4) is 0 Å². The first-order valence-corrected chi connectivity index (χ1v) is 12.5. The highest BCUT2D eigenvalue weighted by molar-refractivity contribution is 9.10. The van der Waals surface area contributed by atoms with Gasteiger partial charge < -0.3 is 15.4 Å². The summed E-state index contributed by atoms with van der Waals surface area (Å²) in [4.78, 5) is 25.9. The summed E-state index contributed by atoms with van der Waals surface area (Å²) in [5.41, 5.74) is 2.73. The van der Waals surface area contributed by atoms with Gasteiger partial charge in [0.15, 0.2) is 0 Å². The lowest BCUT2D eigenvalue weighted by molar-refractivity contribution is 0.0883. The zero-order valence-corrected chi connectivity index (χ0v) is 21.8. The summed E-state index contributed by atoms with van der Waals surface area (Å²) in [6.07, 6.45) is -0.754. The van der Waals surface area contributed by atoms with Gasteiger partial charge in [-0.25, -0.2) is 0 Å². The van der Waals surface area contributed by atoms with Crippen molar-refractivity contribution in [2.45, 2.75) is 12.8 Å². The number of halogens is 2. The zero-order chi connectivity index (χ0) is 24.6. The van der Waals surface area contributed by atoms with E-state index in [1.807, 2.05) is 66.7 Å². The maximum atomic E-state index is 13.0. The molecular formula is C28H22Br2N2O3. The van der Waals surface area contributed by atoms with Crippen LogP contribution >= 0.6 is 31.9 Å². The van der Waals surface area contributed by atoms with Gasteiger partial charge in [-0.3, -0.25) is 9.59 Å². The van der Waals surface area contributed by atoms with Crippen molar-refractivity contribution in [1.82, 2.24) is 10.6 Å². The molecule has 0 saturated carbocycles. The molecule has 176 valence electrons. The van der Waals surface area contributed by atoms with Gasteiger partial charge in [0.05, 0.1) is 0 Å². The third-order valence-electron chi connectivity index (χ3n) is 5.19. The Kier molecular flexibility index (Phi) is 8.34. The molecule has 0 aliphatic heterocycles. The van der Waals surface area contributed by atoms with E-state index < -0.39 is 6.17 Å². The Hall–Kier alpha value is -3.42. The van der Waals surface area contributed by atoms with Crippen molar-refractivity contribution in [3.8, 4) is 5.75 Å². The van der Waals surface area contributed by atoms with E-state index in [9.17, 15) is 9.59 Å². The molecule has 0 radical (unpaired) electrons. The molecule has 0 fully saturated rings. The molecule has 0 bridgehead atoms. The first kappa shape index (κ1) is 24.7. The first-order valence-electron chi connectivity index (χ1n) is 10.9. The average molecular weight is 594 g/mol. The quantitative estimate of drug-likeness (QED) is 0.225. The molecule has 4 rings (SSSR count). The van der Waals surface area contributed by atoms with Gasteiger partial charge >= 0.3 is 0 Å². The van der Waals surface area contributed by atoms with E-state index in [0.717, 1.165) is 14.5 Å². The topological polar surface area (TPSA) is 67.4 Å². The van der Waals surface area contributed by atoms with Gasteiger partial charge in [-0.2, -0.15) is 0 Å². The van der Waals surface area contributed by atoms with Crippen LogP contribution in [0, 0.1) is 0 Å². The van der Waals surface area contributed by atoms with Gasteiger partial charge in [0.2, 0.25) is 0 Å². The Labute approximate surface area is 220 Å². The number of benzene rings is 4. The van der Waals surface area contributed by atoms with Crippen molar-refractivity contribution in [1.29, 1.82) is 0 Å². The van der Waals surface area contributed by atoms with Crippen LogP contribution in [0.15, 0.2) is 112 Å². The molecule has 0 atom stereocenters. The molecule has 0 heterocycles. The fourth-order valence-electron chi connectivity index (χ4n) is 3.39. The van der Waals surface area contributed by atoms with Crippen molar-refractivity contribution in [2.75, 3.05) is 0 Å². The standard InChI is InChI=1S/C28H22Br2N2O3/c29-23-10-4-8-21(16-23)27(33)31-26(32-28(34)22-9-5-11-24(30)17-22)20-12-14-25(15-13-20)35-18-19-6-2-1-3-7-19/h1-17,26H,18H2,(H,31,33)(H,32,34). The highest BCUT2D eigenvalue weighted by atomic mass is 79.9. The molecular weight excluding hydrogens is 572 g/mol. The lowest BCUT2D eigenvalue weighted by Crippen LogP contribution is -2.41. The molecule has 0 aliphatic carbocycles. The van der Waals surface area contributed by atoms with Crippen LogP contribution in [0.2, 0.25) is 0 Å². The van der Waals surface area contributed by atoms with Crippen molar-refractivity contribution in [3.63, 3.8) is 0 Å². The lowest BCUT2D eigenvalue weighted by Gasteiger charge is -2.21. The van der Waals surface area contributed by atoms with Crippen molar-refractivity contribution in [3.05, 3.63) is 134 Å². The minimum atomic E-state index is -0.754. The maximum Gasteiger partial charge on any atom is 0.253 e. The number of ether oxygens (including phenoxy) is 1. The number of amides is 2. The second-order valence-corrected chi connectivity index (χ2v) is 9.58. The van der Waals surface area contributed by atoms with Crippen LogP contribution in [-0.4, -0.2) is 11.8 Å². The van der Waals surface area contributed by atoms with Crippen LogP contribution in [0.4, 0.5) is 0 Å². The Morgan fingerprint density at radius 1 is 0.686 bits per heavy atom. The summed E-state index contributed by atoms with van der Waals surface area (Å²) in [5.74, 6) is 0.0680. The van der Waals surface area contributed by atoms with E-state index in [4.69, 9.17) is 4.74 Å². The van der Waals surface area contributed by atoms with Gasteiger partial charge in [0.25, 0.3) is 11.8 Å². The van der Waals surface area contributed by atoms with Gasteiger partial charge in [-0.1, -0.05) is 86.5 Å². The SMILES string of the molecule is O=C(NC(NC(=O)c1cccc(Br)c1)c1ccc(OCc2ccccc2)cc1)c1cccc(Br)c1. The number of hydrogen-bond acceptors (Lipinski definition) is 3. The number of carbonyl (C=O) groups is 2. The van der Waals surface area contributed by atoms with Crippen LogP contribution in [0.5, 0.6) is 5.75 Å². The Morgan fingerprint density at radius 2 is 1.23 bits per heavy atom. The molecule has 0 unspecified atom stereocenters. The van der Waals surface area contributed by atoms with E-state index in [-0.39, 0.29) is 11.8 Å². The van der Waals surface area contributed by atoms with Gasteiger partial charge in [0, 0.05) is 20.1 Å². The summed E-state index contributed by atoms with van der Waals surface area (Å²) in [6, 6.07) is 31.3. The monoisotopic (exact) mass is 592 g/mol. The molecule has 2 N–H and O–H groups in total. The van der Waals surface area contributed by atoms with E-state index >= 15 is 0 Å². The van der Waals surface area contributed by atoms with E-state index in [1.54, 1.807) is 36.4 Å². The third-order valence-corrected chi connectivity index (χ3v) is 6.17. The van der Waals surface area contributed by atoms with Crippen molar-refractivity contribution < 1.29 is 14.3 Å². The molecule has 2 amide bonds. The predicted molar refractivity (Wildman–Crippen MR) is 143 cm³/mol. The largest absolute Gasteiger partial charge is 0.489 e. The van der Waals surface area contributed by atoms with Gasteiger partial charge in [-0.15, -0.1) is 0 Å². The van der Waals surface area contributed by atoms with Gasteiger partial charge in [0.1, 0.15) is 18.5 Å². The minimum Gasteiger partial charge on any atom is -0.489 e. The maximum absolute atomic E-state index is 13.0.